The number of nitrogens with two attached hydrogens (primary N) is 1. The number of rotatable bonds is 9. The van der Waals surface area contributed by atoms with Gasteiger partial charge in [-0.3, -0.25) is 14.5 Å². The summed E-state index contributed by atoms with van der Waals surface area (Å²) in [6.07, 6.45) is 2.05. The average Bonchev–Trinajstić information content (AvgIpc) is 2.91. The Hall–Kier alpha value is -3.40. The molecule has 3 aromatic rings. The van der Waals surface area contributed by atoms with Crippen LogP contribution in [0.1, 0.15) is 22.8 Å². The lowest BCUT2D eigenvalue weighted by molar-refractivity contribution is -0.130. The van der Waals surface area contributed by atoms with Gasteiger partial charge in [0.15, 0.2) is 5.82 Å². The second kappa shape index (κ2) is 12.9. The van der Waals surface area contributed by atoms with Crippen molar-refractivity contribution in [2.75, 3.05) is 51.6 Å². The van der Waals surface area contributed by atoms with E-state index < -0.39 is 0 Å². The smallest absolute Gasteiger partial charge is 0.257 e. The number of halogens is 2. The van der Waals surface area contributed by atoms with E-state index in [2.05, 4.69) is 20.2 Å². The van der Waals surface area contributed by atoms with Crippen LogP contribution in [0.5, 0.6) is 5.88 Å². The Labute approximate surface area is 231 Å². The summed E-state index contributed by atoms with van der Waals surface area (Å²) in [5.74, 6) is 0.354. The molecule has 1 aliphatic heterocycles. The molecule has 200 valence electrons. The van der Waals surface area contributed by atoms with Gasteiger partial charge in [0, 0.05) is 73.8 Å². The van der Waals surface area contributed by atoms with Gasteiger partial charge in [-0.15, -0.1) is 0 Å². The van der Waals surface area contributed by atoms with Gasteiger partial charge in [0.2, 0.25) is 5.91 Å². The number of anilines is 1. The van der Waals surface area contributed by atoms with Gasteiger partial charge < -0.3 is 20.7 Å². The molecule has 2 aromatic carbocycles. The molecule has 1 aromatic heterocycles. The van der Waals surface area contributed by atoms with Crippen molar-refractivity contribution in [3.8, 4) is 17.1 Å². The number of piperazine rings is 1. The minimum absolute atomic E-state index is 0.105. The molecule has 9 nitrogen and oxygen atoms in total. The number of aromatic nitrogens is 2. The maximum atomic E-state index is 12.6. The number of ether oxygens (including phenoxy) is 1. The number of amides is 2. The molecule has 11 heteroatoms. The van der Waals surface area contributed by atoms with Crippen molar-refractivity contribution in [3.05, 3.63) is 69.8 Å². The normalized spacial score (nSPS) is 13.8. The monoisotopic (exact) mass is 556 g/mol. The fourth-order valence-electron chi connectivity index (χ4n) is 4.16. The van der Waals surface area contributed by atoms with E-state index in [0.717, 1.165) is 43.9 Å². The standard InChI is InChI=1S/C27H30Cl2N6O3/c1-18(36)35-14-12-34(13-15-35)11-10-31-26(37)20-7-5-19(6-8-20)24-17-32-25(30)27(33-24)38-16-9-21-22(28)3-2-4-23(21)29/h2-8,17H,9-16H2,1H3,(H2,30,32)(H,31,37). The van der Waals surface area contributed by atoms with Crippen LogP contribution >= 0.6 is 23.2 Å². The van der Waals surface area contributed by atoms with Crippen molar-refractivity contribution in [1.82, 2.24) is 25.1 Å². The number of carbonyl (C=O) groups is 2. The molecule has 2 heterocycles. The molecule has 1 saturated heterocycles. The Balaban J connectivity index is 1.29. The third-order valence-corrected chi connectivity index (χ3v) is 7.10. The SMILES string of the molecule is CC(=O)N1CCN(CCNC(=O)c2ccc(-c3cnc(N)c(OCCc4c(Cl)cccc4Cl)n3)cc2)CC1. The Kier molecular flexibility index (Phi) is 9.38. The van der Waals surface area contributed by atoms with Crippen molar-refractivity contribution in [2.45, 2.75) is 13.3 Å². The molecule has 4 rings (SSSR count). The molecule has 38 heavy (non-hydrogen) atoms. The van der Waals surface area contributed by atoms with Crippen LogP contribution in [0.3, 0.4) is 0 Å². The summed E-state index contributed by atoms with van der Waals surface area (Å²) < 4.78 is 5.78. The molecular weight excluding hydrogens is 527 g/mol. The third-order valence-electron chi connectivity index (χ3n) is 6.39. The highest BCUT2D eigenvalue weighted by molar-refractivity contribution is 6.36. The van der Waals surface area contributed by atoms with Crippen LogP contribution in [0.25, 0.3) is 11.3 Å². The maximum Gasteiger partial charge on any atom is 0.257 e. The van der Waals surface area contributed by atoms with Crippen molar-refractivity contribution >= 4 is 40.8 Å². The number of carbonyl (C=O) groups excluding carboxylic acids is 2. The van der Waals surface area contributed by atoms with Crippen LogP contribution in [-0.2, 0) is 11.2 Å². The van der Waals surface area contributed by atoms with E-state index in [1.165, 1.54) is 0 Å². The first-order valence-corrected chi connectivity index (χ1v) is 13.1. The van der Waals surface area contributed by atoms with Crippen LogP contribution in [0.4, 0.5) is 5.82 Å². The second-order valence-corrected chi connectivity index (χ2v) is 9.74. The molecule has 0 radical (unpaired) electrons. The largest absolute Gasteiger partial charge is 0.475 e. The van der Waals surface area contributed by atoms with E-state index >= 15 is 0 Å². The first-order valence-electron chi connectivity index (χ1n) is 12.4. The van der Waals surface area contributed by atoms with E-state index in [4.69, 9.17) is 33.7 Å². The number of nitrogens with one attached hydrogen (secondary N) is 1. The fourth-order valence-corrected chi connectivity index (χ4v) is 4.74. The van der Waals surface area contributed by atoms with Crippen LogP contribution in [-0.4, -0.2) is 77.5 Å². The Morgan fingerprint density at radius 1 is 1.05 bits per heavy atom. The highest BCUT2D eigenvalue weighted by atomic mass is 35.5. The van der Waals surface area contributed by atoms with Gasteiger partial charge in [-0.1, -0.05) is 41.4 Å². The summed E-state index contributed by atoms with van der Waals surface area (Å²) >= 11 is 12.5. The summed E-state index contributed by atoms with van der Waals surface area (Å²) in [5, 5.41) is 4.11. The summed E-state index contributed by atoms with van der Waals surface area (Å²) in [5.41, 5.74) is 8.65. The number of hydrogen-bond acceptors (Lipinski definition) is 7. The molecule has 0 aliphatic carbocycles. The average molecular weight is 557 g/mol. The quantitative estimate of drug-likeness (QED) is 0.414. The minimum Gasteiger partial charge on any atom is -0.475 e. The van der Waals surface area contributed by atoms with Gasteiger partial charge in [-0.25, -0.2) is 9.97 Å². The molecule has 0 spiro atoms. The van der Waals surface area contributed by atoms with Gasteiger partial charge in [0.05, 0.1) is 18.5 Å². The summed E-state index contributed by atoms with van der Waals surface area (Å²) in [6.45, 7) is 6.21. The molecule has 0 atom stereocenters. The Bertz CT molecular complexity index is 1260. The van der Waals surface area contributed by atoms with E-state index in [0.29, 0.717) is 34.3 Å². The van der Waals surface area contributed by atoms with Crippen molar-refractivity contribution in [1.29, 1.82) is 0 Å². The number of benzene rings is 2. The lowest BCUT2D eigenvalue weighted by Crippen LogP contribution is -2.49. The van der Waals surface area contributed by atoms with Crippen LogP contribution in [0.15, 0.2) is 48.7 Å². The zero-order valence-electron chi connectivity index (χ0n) is 21.1. The lowest BCUT2D eigenvalue weighted by Gasteiger charge is -2.34. The molecule has 2 amide bonds. The number of hydrogen-bond donors (Lipinski definition) is 2. The Morgan fingerprint density at radius 3 is 2.39 bits per heavy atom. The third kappa shape index (κ3) is 7.12. The van der Waals surface area contributed by atoms with Gasteiger partial charge in [0.25, 0.3) is 11.8 Å². The fraction of sp³-hybridized carbons (Fsp3) is 0.333. The molecule has 1 aliphatic rings. The molecule has 1 fully saturated rings. The summed E-state index contributed by atoms with van der Waals surface area (Å²) in [4.78, 5) is 36.8. The van der Waals surface area contributed by atoms with Gasteiger partial charge in [-0.05, 0) is 29.8 Å². The van der Waals surface area contributed by atoms with Crippen molar-refractivity contribution in [2.24, 2.45) is 0 Å². The van der Waals surface area contributed by atoms with Crippen LogP contribution in [0, 0.1) is 0 Å². The molecule has 3 N–H and O–H groups in total. The molecular formula is C27H30Cl2N6O3. The zero-order chi connectivity index (χ0) is 27.1. The first kappa shape index (κ1) is 27.6. The van der Waals surface area contributed by atoms with Gasteiger partial charge in [-0.2, -0.15) is 0 Å². The van der Waals surface area contributed by atoms with Gasteiger partial charge in [0.1, 0.15) is 0 Å². The number of nitrogens with zero attached hydrogens (tertiary/aromatic N) is 4. The Morgan fingerprint density at radius 2 is 1.74 bits per heavy atom. The van der Waals surface area contributed by atoms with Crippen LogP contribution in [0.2, 0.25) is 10.0 Å². The summed E-state index contributed by atoms with van der Waals surface area (Å²) in [7, 11) is 0. The maximum absolute atomic E-state index is 12.6. The molecule has 0 unspecified atom stereocenters. The molecule has 0 bridgehead atoms. The predicted molar refractivity (Wildman–Crippen MR) is 149 cm³/mol. The van der Waals surface area contributed by atoms with E-state index in [9.17, 15) is 9.59 Å². The summed E-state index contributed by atoms with van der Waals surface area (Å²) in [6, 6.07) is 12.5. The zero-order valence-corrected chi connectivity index (χ0v) is 22.6. The van der Waals surface area contributed by atoms with Crippen molar-refractivity contribution in [3.63, 3.8) is 0 Å². The van der Waals surface area contributed by atoms with Crippen LogP contribution < -0.4 is 15.8 Å². The highest BCUT2D eigenvalue weighted by Crippen LogP contribution is 2.26. The topological polar surface area (TPSA) is 114 Å². The van der Waals surface area contributed by atoms with Gasteiger partial charge >= 0.3 is 0 Å². The number of nitrogen functional groups attached to an aromatic ring is 1. The van der Waals surface area contributed by atoms with E-state index in [1.54, 1.807) is 43.5 Å². The minimum atomic E-state index is -0.149. The van der Waals surface area contributed by atoms with E-state index in [1.807, 2.05) is 17.0 Å². The predicted octanol–water partition coefficient (Wildman–Crippen LogP) is 3.55. The lowest BCUT2D eigenvalue weighted by atomic mass is 10.1. The molecule has 0 saturated carbocycles. The van der Waals surface area contributed by atoms with E-state index in [-0.39, 0.29) is 30.1 Å². The first-order chi connectivity index (χ1) is 18.3. The second-order valence-electron chi connectivity index (χ2n) is 8.93. The van der Waals surface area contributed by atoms with Crippen molar-refractivity contribution < 1.29 is 14.3 Å². The highest BCUT2D eigenvalue weighted by Gasteiger charge is 2.18.